The van der Waals surface area contributed by atoms with E-state index in [1.807, 2.05) is 0 Å². The average molecular weight is 332 g/mol. The molecule has 0 bridgehead atoms. The van der Waals surface area contributed by atoms with Crippen LogP contribution in [0.4, 0.5) is 0 Å². The summed E-state index contributed by atoms with van der Waals surface area (Å²) in [5.74, 6) is 0.589. The summed E-state index contributed by atoms with van der Waals surface area (Å²) in [6, 6.07) is 2.08. The summed E-state index contributed by atoms with van der Waals surface area (Å²) in [6.45, 7) is 4.36. The van der Waals surface area contributed by atoms with Crippen LogP contribution in [0.5, 0.6) is 0 Å². The Morgan fingerprint density at radius 3 is 2.42 bits per heavy atom. The Kier molecular flexibility index (Phi) is 4.09. The summed E-state index contributed by atoms with van der Waals surface area (Å²) in [7, 11) is 0. The highest BCUT2D eigenvalue weighted by molar-refractivity contribution is 9.10. The minimum atomic E-state index is 0.409. The lowest BCUT2D eigenvalue weighted by atomic mass is 10.1. The minimum Gasteiger partial charge on any atom is -0.126 e. The molecule has 0 aliphatic carbocycles. The van der Waals surface area contributed by atoms with Crippen LogP contribution in [0.15, 0.2) is 10.5 Å². The molecule has 0 fully saturated rings. The van der Waals surface area contributed by atoms with Crippen molar-refractivity contribution in [1.29, 1.82) is 0 Å². The summed E-state index contributed by atoms with van der Waals surface area (Å²) < 4.78 is 1.82. The van der Waals surface area contributed by atoms with Crippen molar-refractivity contribution < 1.29 is 0 Å². The van der Waals surface area contributed by atoms with E-state index in [2.05, 4.69) is 51.8 Å². The van der Waals surface area contributed by atoms with Gasteiger partial charge in [0.2, 0.25) is 0 Å². The van der Waals surface area contributed by atoms with Crippen molar-refractivity contribution in [2.75, 3.05) is 0 Å². The number of alkyl halides is 1. The fraction of sp³-hybridized carbons (Fsp3) is 0.500. The Bertz CT molecular complexity index is 251. The van der Waals surface area contributed by atoms with Crippen LogP contribution in [0.3, 0.4) is 0 Å². The molecule has 0 spiro atoms. The standard InChI is InChI=1S/C8H9Br2ClS/c1-4(2)7(10)6-3-5(9)8(11)12-6/h3-4,7H,1-2H3. The zero-order valence-corrected chi connectivity index (χ0v) is 11.5. The second kappa shape index (κ2) is 4.45. The molecular weight excluding hydrogens is 323 g/mol. The van der Waals surface area contributed by atoms with E-state index in [0.717, 1.165) is 8.81 Å². The third kappa shape index (κ3) is 2.47. The molecule has 1 unspecified atom stereocenters. The molecule has 0 amide bonds. The van der Waals surface area contributed by atoms with E-state index >= 15 is 0 Å². The number of halogens is 3. The van der Waals surface area contributed by atoms with E-state index in [9.17, 15) is 0 Å². The van der Waals surface area contributed by atoms with Gasteiger partial charge in [-0.25, -0.2) is 0 Å². The van der Waals surface area contributed by atoms with E-state index in [4.69, 9.17) is 11.6 Å². The molecule has 0 nitrogen and oxygen atoms in total. The topological polar surface area (TPSA) is 0 Å². The van der Waals surface area contributed by atoms with Gasteiger partial charge in [0, 0.05) is 9.35 Å². The molecule has 0 radical (unpaired) electrons. The van der Waals surface area contributed by atoms with Gasteiger partial charge in [-0.05, 0) is 27.9 Å². The van der Waals surface area contributed by atoms with Gasteiger partial charge in [0.05, 0.1) is 4.83 Å². The molecule has 0 aliphatic rings. The third-order valence-corrected chi connectivity index (χ3v) is 5.93. The highest BCUT2D eigenvalue weighted by Gasteiger charge is 2.15. The monoisotopic (exact) mass is 330 g/mol. The fourth-order valence-corrected chi connectivity index (χ4v) is 3.13. The van der Waals surface area contributed by atoms with Gasteiger partial charge >= 0.3 is 0 Å². The van der Waals surface area contributed by atoms with Crippen LogP contribution in [0.2, 0.25) is 4.34 Å². The summed E-state index contributed by atoms with van der Waals surface area (Å²) in [6.07, 6.45) is 0. The Morgan fingerprint density at radius 1 is 1.50 bits per heavy atom. The molecule has 1 atom stereocenters. The smallest absolute Gasteiger partial charge is 0.107 e. The second-order valence-corrected chi connectivity index (χ2v) is 6.44. The van der Waals surface area contributed by atoms with Crippen molar-refractivity contribution in [3.8, 4) is 0 Å². The van der Waals surface area contributed by atoms with Crippen LogP contribution in [-0.4, -0.2) is 0 Å². The molecule has 4 heteroatoms. The first kappa shape index (κ1) is 11.0. The van der Waals surface area contributed by atoms with Crippen molar-refractivity contribution in [3.05, 3.63) is 19.8 Å². The summed E-state index contributed by atoms with van der Waals surface area (Å²) in [4.78, 5) is 1.69. The highest BCUT2D eigenvalue weighted by atomic mass is 79.9. The maximum Gasteiger partial charge on any atom is 0.107 e. The number of hydrogen-bond acceptors (Lipinski definition) is 1. The molecule has 0 saturated heterocycles. The van der Waals surface area contributed by atoms with Crippen molar-refractivity contribution in [2.24, 2.45) is 5.92 Å². The Hall–Kier alpha value is 0.950. The molecular formula is C8H9Br2ClS. The molecule has 68 valence electrons. The van der Waals surface area contributed by atoms with E-state index in [1.165, 1.54) is 4.88 Å². The Labute approximate surface area is 98.6 Å². The molecule has 0 N–H and O–H groups in total. The van der Waals surface area contributed by atoms with Gasteiger partial charge in [0.15, 0.2) is 0 Å². The van der Waals surface area contributed by atoms with Crippen LogP contribution in [0.1, 0.15) is 23.6 Å². The van der Waals surface area contributed by atoms with Crippen LogP contribution < -0.4 is 0 Å². The van der Waals surface area contributed by atoms with Gasteiger partial charge in [-0.3, -0.25) is 0 Å². The first-order chi connectivity index (χ1) is 5.52. The van der Waals surface area contributed by atoms with Crippen molar-refractivity contribution >= 4 is 54.8 Å². The lowest BCUT2D eigenvalue weighted by Gasteiger charge is -2.10. The van der Waals surface area contributed by atoms with Crippen molar-refractivity contribution in [3.63, 3.8) is 0 Å². The highest BCUT2D eigenvalue weighted by Crippen LogP contribution is 2.41. The summed E-state index contributed by atoms with van der Waals surface area (Å²) in [5, 5.41) is 0. The first-order valence-corrected chi connectivity index (χ1v) is 6.51. The maximum absolute atomic E-state index is 5.93. The predicted octanol–water partition coefficient (Wildman–Crippen LogP) is 5.26. The quantitative estimate of drug-likeness (QED) is 0.648. The average Bonchev–Trinajstić information content (AvgIpc) is 2.30. The van der Waals surface area contributed by atoms with Gasteiger partial charge in [-0.2, -0.15) is 0 Å². The van der Waals surface area contributed by atoms with Crippen LogP contribution in [-0.2, 0) is 0 Å². The SMILES string of the molecule is CC(C)C(Br)c1cc(Br)c(Cl)s1. The lowest BCUT2D eigenvalue weighted by Crippen LogP contribution is -1.95. The van der Waals surface area contributed by atoms with Gasteiger partial charge in [0.1, 0.15) is 4.34 Å². The zero-order valence-electron chi connectivity index (χ0n) is 6.77. The number of hydrogen-bond donors (Lipinski definition) is 0. The van der Waals surface area contributed by atoms with Crippen LogP contribution in [0, 0.1) is 5.92 Å². The molecule has 1 aromatic rings. The van der Waals surface area contributed by atoms with Gasteiger partial charge in [-0.15, -0.1) is 11.3 Å². The normalized spacial score (nSPS) is 13.8. The van der Waals surface area contributed by atoms with Crippen molar-refractivity contribution in [2.45, 2.75) is 18.7 Å². The minimum absolute atomic E-state index is 0.409. The molecule has 1 aromatic heterocycles. The van der Waals surface area contributed by atoms with Gasteiger partial charge in [0.25, 0.3) is 0 Å². The van der Waals surface area contributed by atoms with Gasteiger partial charge in [-0.1, -0.05) is 41.4 Å². The molecule has 1 heterocycles. The van der Waals surface area contributed by atoms with E-state index in [0.29, 0.717) is 10.7 Å². The lowest BCUT2D eigenvalue weighted by molar-refractivity contribution is 0.648. The maximum atomic E-state index is 5.93. The third-order valence-electron chi connectivity index (χ3n) is 1.52. The van der Waals surface area contributed by atoms with Crippen LogP contribution in [0.25, 0.3) is 0 Å². The Balaban J connectivity index is 2.89. The van der Waals surface area contributed by atoms with Crippen molar-refractivity contribution in [1.82, 2.24) is 0 Å². The molecule has 1 rings (SSSR count). The Morgan fingerprint density at radius 2 is 2.08 bits per heavy atom. The van der Waals surface area contributed by atoms with Gasteiger partial charge < -0.3 is 0 Å². The zero-order chi connectivity index (χ0) is 9.30. The van der Waals surface area contributed by atoms with E-state index < -0.39 is 0 Å². The molecule has 0 saturated carbocycles. The summed E-state index contributed by atoms with van der Waals surface area (Å²) in [5.41, 5.74) is 0. The first-order valence-electron chi connectivity index (χ1n) is 3.61. The summed E-state index contributed by atoms with van der Waals surface area (Å²) >= 11 is 14.6. The number of rotatable bonds is 2. The largest absolute Gasteiger partial charge is 0.126 e. The molecule has 0 aliphatic heterocycles. The predicted molar refractivity (Wildman–Crippen MR) is 63.5 cm³/mol. The van der Waals surface area contributed by atoms with Crippen LogP contribution >= 0.6 is 54.8 Å². The van der Waals surface area contributed by atoms with E-state index in [1.54, 1.807) is 11.3 Å². The fourth-order valence-electron chi connectivity index (χ4n) is 0.828. The molecule has 12 heavy (non-hydrogen) atoms. The second-order valence-electron chi connectivity index (χ2n) is 2.92. The molecule has 0 aromatic carbocycles. The number of thiophene rings is 1. The van der Waals surface area contributed by atoms with E-state index in [-0.39, 0.29) is 0 Å².